The zero-order valence-corrected chi connectivity index (χ0v) is 16.2. The maximum Gasteiger partial charge on any atom is 0.340 e. The van der Waals surface area contributed by atoms with Crippen LogP contribution in [0.25, 0.3) is 5.57 Å². The van der Waals surface area contributed by atoms with Gasteiger partial charge < -0.3 is 4.74 Å². The minimum Gasteiger partial charge on any atom is -0.462 e. The fraction of sp³-hybridized carbons (Fsp3) is 0.167. The lowest BCUT2D eigenvalue weighted by Gasteiger charge is -2.10. The fourth-order valence-electron chi connectivity index (χ4n) is 2.05. The van der Waals surface area contributed by atoms with E-state index in [-0.39, 0.29) is 17.1 Å². The number of halogens is 1. The van der Waals surface area contributed by atoms with Gasteiger partial charge in [-0.3, -0.25) is 4.72 Å². The largest absolute Gasteiger partial charge is 0.462 e. The van der Waals surface area contributed by atoms with Gasteiger partial charge in [0.15, 0.2) is 0 Å². The van der Waals surface area contributed by atoms with Crippen molar-refractivity contribution in [3.05, 3.63) is 70.3 Å². The van der Waals surface area contributed by atoms with E-state index in [4.69, 9.17) is 4.74 Å². The van der Waals surface area contributed by atoms with E-state index in [1.807, 2.05) is 13.0 Å². The number of esters is 1. The minimum absolute atomic E-state index is 0.117. The molecule has 2 aromatic rings. The van der Waals surface area contributed by atoms with E-state index in [2.05, 4.69) is 20.7 Å². The maximum absolute atomic E-state index is 12.4. The highest BCUT2D eigenvalue weighted by Gasteiger charge is 2.17. The second-order valence-corrected chi connectivity index (χ2v) is 7.85. The second-order valence-electron chi connectivity index (χ2n) is 5.22. The molecule has 1 N–H and O–H groups in total. The molecule has 0 radical (unpaired) electrons. The second kappa shape index (κ2) is 8.31. The van der Waals surface area contributed by atoms with E-state index in [0.29, 0.717) is 5.56 Å². The van der Waals surface area contributed by atoms with Gasteiger partial charge >= 0.3 is 5.97 Å². The summed E-state index contributed by atoms with van der Waals surface area (Å²) in [6.45, 7) is 3.75. The van der Waals surface area contributed by atoms with Crippen LogP contribution in [0.2, 0.25) is 0 Å². The molecule has 0 aromatic heterocycles. The molecule has 0 aliphatic rings. The molecule has 0 aliphatic carbocycles. The van der Waals surface area contributed by atoms with Crippen LogP contribution in [0.1, 0.15) is 18.1 Å². The summed E-state index contributed by atoms with van der Waals surface area (Å²) in [5.41, 5.74) is 1.62. The quantitative estimate of drug-likeness (QED) is 0.568. The normalized spacial score (nSPS) is 11.9. The molecule has 0 bridgehead atoms. The average Bonchev–Trinajstić information content (AvgIpc) is 2.55. The first-order valence-corrected chi connectivity index (χ1v) is 9.83. The van der Waals surface area contributed by atoms with Crippen LogP contribution in [0.4, 0.5) is 0 Å². The lowest BCUT2D eigenvalue weighted by atomic mass is 10.1. The summed E-state index contributed by atoms with van der Waals surface area (Å²) < 4.78 is 33.0. The Kier molecular flexibility index (Phi) is 6.39. The molecular weight excluding hydrogens is 406 g/mol. The zero-order chi connectivity index (χ0) is 18.4. The number of ether oxygens (including phenoxy) is 1. The highest BCUT2D eigenvalue weighted by Crippen LogP contribution is 2.21. The van der Waals surface area contributed by atoms with Crippen molar-refractivity contribution in [3.8, 4) is 0 Å². The molecule has 2 rings (SSSR count). The monoisotopic (exact) mass is 423 g/mol. The Morgan fingerprint density at radius 3 is 2.48 bits per heavy atom. The SMILES string of the molecule is CCOC(=O)/C(=C\NS(=O)(=O)c1ccc(C)cc1)c1cccc(Br)c1. The predicted molar refractivity (Wildman–Crippen MR) is 100 cm³/mol. The van der Waals surface area contributed by atoms with Gasteiger partial charge in [0, 0.05) is 10.7 Å². The van der Waals surface area contributed by atoms with Crippen molar-refractivity contribution in [2.24, 2.45) is 0 Å². The van der Waals surface area contributed by atoms with Crippen LogP contribution in [0.3, 0.4) is 0 Å². The molecular formula is C18H18BrNO4S. The summed E-state index contributed by atoms with van der Waals surface area (Å²) in [7, 11) is -3.78. The molecule has 7 heteroatoms. The number of aryl methyl sites for hydroxylation is 1. The van der Waals surface area contributed by atoms with Gasteiger partial charge in [-0.25, -0.2) is 13.2 Å². The van der Waals surface area contributed by atoms with E-state index in [9.17, 15) is 13.2 Å². The van der Waals surface area contributed by atoms with Gasteiger partial charge in [0.05, 0.1) is 17.1 Å². The summed E-state index contributed by atoms with van der Waals surface area (Å²) in [6.07, 6.45) is 1.16. The number of benzene rings is 2. The van der Waals surface area contributed by atoms with Crippen molar-refractivity contribution in [1.29, 1.82) is 0 Å². The Balaban J connectivity index is 2.37. The van der Waals surface area contributed by atoms with Crippen molar-refractivity contribution >= 4 is 37.5 Å². The molecule has 25 heavy (non-hydrogen) atoms. The fourth-order valence-corrected chi connectivity index (χ4v) is 3.35. The van der Waals surface area contributed by atoms with E-state index in [1.165, 1.54) is 12.1 Å². The van der Waals surface area contributed by atoms with Gasteiger partial charge in [-0.2, -0.15) is 0 Å². The molecule has 0 saturated carbocycles. The summed E-state index contributed by atoms with van der Waals surface area (Å²) in [5.74, 6) is -0.604. The minimum atomic E-state index is -3.78. The lowest BCUT2D eigenvalue weighted by molar-refractivity contribution is -0.136. The number of hydrogen-bond acceptors (Lipinski definition) is 4. The molecule has 0 amide bonds. The van der Waals surface area contributed by atoms with E-state index in [1.54, 1.807) is 37.3 Å². The number of sulfonamides is 1. The molecule has 0 spiro atoms. The smallest absolute Gasteiger partial charge is 0.340 e. The van der Waals surface area contributed by atoms with E-state index >= 15 is 0 Å². The summed E-state index contributed by atoms with van der Waals surface area (Å²) in [6, 6.07) is 13.4. The average molecular weight is 424 g/mol. The Labute approximate surface area is 155 Å². The van der Waals surface area contributed by atoms with Gasteiger partial charge in [0.2, 0.25) is 0 Å². The van der Waals surface area contributed by atoms with Crippen LogP contribution >= 0.6 is 15.9 Å². The molecule has 0 fully saturated rings. The first-order chi connectivity index (χ1) is 11.8. The van der Waals surface area contributed by atoms with Crippen LogP contribution in [0.15, 0.2) is 64.1 Å². The zero-order valence-electron chi connectivity index (χ0n) is 13.8. The molecule has 0 atom stereocenters. The van der Waals surface area contributed by atoms with Crippen LogP contribution < -0.4 is 4.72 Å². The highest BCUT2D eigenvalue weighted by atomic mass is 79.9. The Bertz CT molecular complexity index is 890. The lowest BCUT2D eigenvalue weighted by Crippen LogP contribution is -2.20. The van der Waals surface area contributed by atoms with E-state index in [0.717, 1.165) is 16.2 Å². The topological polar surface area (TPSA) is 72.5 Å². The predicted octanol–water partition coefficient (Wildman–Crippen LogP) is 3.64. The van der Waals surface area contributed by atoms with Gasteiger partial charge in [-0.15, -0.1) is 0 Å². The van der Waals surface area contributed by atoms with Crippen LogP contribution in [-0.4, -0.2) is 21.0 Å². The molecule has 0 aliphatic heterocycles. The van der Waals surface area contributed by atoms with Gasteiger partial charge in [0.25, 0.3) is 10.0 Å². The first-order valence-electron chi connectivity index (χ1n) is 7.55. The Morgan fingerprint density at radius 1 is 1.20 bits per heavy atom. The van der Waals surface area contributed by atoms with Gasteiger partial charge in [-0.1, -0.05) is 45.8 Å². The molecule has 5 nitrogen and oxygen atoms in total. The van der Waals surface area contributed by atoms with Gasteiger partial charge in [-0.05, 0) is 43.7 Å². The number of carbonyl (C=O) groups is 1. The van der Waals surface area contributed by atoms with Crippen molar-refractivity contribution in [3.63, 3.8) is 0 Å². The number of carbonyl (C=O) groups excluding carboxylic acids is 1. The number of hydrogen-bond donors (Lipinski definition) is 1. The first kappa shape index (κ1) is 19.2. The van der Waals surface area contributed by atoms with Crippen LogP contribution in [-0.2, 0) is 19.6 Å². The molecule has 0 unspecified atom stereocenters. The molecule has 132 valence electrons. The standard InChI is InChI=1S/C18H18BrNO4S/c1-3-24-18(21)17(14-5-4-6-15(19)11-14)12-20-25(22,23)16-9-7-13(2)8-10-16/h4-12,20H,3H2,1-2H3/b17-12-. The third-order valence-electron chi connectivity index (χ3n) is 3.32. The van der Waals surface area contributed by atoms with Crippen LogP contribution in [0, 0.1) is 6.92 Å². The summed E-state index contributed by atoms with van der Waals surface area (Å²) in [5, 5.41) is 0. The summed E-state index contributed by atoms with van der Waals surface area (Å²) >= 11 is 3.33. The summed E-state index contributed by atoms with van der Waals surface area (Å²) in [4.78, 5) is 12.3. The molecule has 2 aromatic carbocycles. The van der Waals surface area contributed by atoms with Crippen molar-refractivity contribution in [2.45, 2.75) is 18.7 Å². The van der Waals surface area contributed by atoms with Crippen molar-refractivity contribution in [1.82, 2.24) is 4.72 Å². The maximum atomic E-state index is 12.4. The van der Waals surface area contributed by atoms with Gasteiger partial charge in [0.1, 0.15) is 0 Å². The third kappa shape index (κ3) is 5.17. The third-order valence-corrected chi connectivity index (χ3v) is 5.13. The molecule has 0 heterocycles. The number of rotatable bonds is 6. The Hall–Kier alpha value is -2.12. The molecule has 0 saturated heterocycles. The highest BCUT2D eigenvalue weighted by molar-refractivity contribution is 9.10. The van der Waals surface area contributed by atoms with Crippen molar-refractivity contribution < 1.29 is 17.9 Å². The van der Waals surface area contributed by atoms with Crippen molar-refractivity contribution in [2.75, 3.05) is 6.61 Å². The Morgan fingerprint density at radius 2 is 1.88 bits per heavy atom. The van der Waals surface area contributed by atoms with Crippen LogP contribution in [0.5, 0.6) is 0 Å². The van der Waals surface area contributed by atoms with E-state index < -0.39 is 16.0 Å². The number of nitrogens with one attached hydrogen (secondary N) is 1.